The van der Waals surface area contributed by atoms with Crippen LogP contribution in [-0.2, 0) is 6.42 Å². The van der Waals surface area contributed by atoms with Crippen LogP contribution in [0.4, 0.5) is 0 Å². The van der Waals surface area contributed by atoms with E-state index in [1.807, 2.05) is 24.3 Å². The van der Waals surface area contributed by atoms with Gasteiger partial charge in [0.15, 0.2) is 5.78 Å². The zero-order valence-corrected chi connectivity index (χ0v) is 12.2. The summed E-state index contributed by atoms with van der Waals surface area (Å²) in [5.74, 6) is 0.181. The zero-order chi connectivity index (χ0) is 13.9. The molecule has 0 aliphatic heterocycles. The lowest BCUT2D eigenvalue weighted by molar-refractivity contribution is 0.101. The molecule has 1 heteroatoms. The Morgan fingerprint density at radius 3 is 2.37 bits per heavy atom. The van der Waals surface area contributed by atoms with Gasteiger partial charge in [0.1, 0.15) is 0 Å². The third-order valence-electron chi connectivity index (χ3n) is 3.50. The Bertz CT molecular complexity index is 392. The van der Waals surface area contributed by atoms with Crippen molar-refractivity contribution in [3.8, 4) is 0 Å². The average molecular weight is 258 g/mol. The van der Waals surface area contributed by atoms with Crippen LogP contribution in [-0.4, -0.2) is 5.78 Å². The molecule has 0 amide bonds. The molecule has 0 atom stereocenters. The Hall–Kier alpha value is -1.37. The highest BCUT2D eigenvalue weighted by molar-refractivity contribution is 5.95. The monoisotopic (exact) mass is 258 g/mol. The van der Waals surface area contributed by atoms with Crippen molar-refractivity contribution in [1.29, 1.82) is 0 Å². The molecule has 1 rings (SSSR count). The van der Waals surface area contributed by atoms with Gasteiger partial charge in [-0.05, 0) is 38.2 Å². The number of unbranched alkanes of at least 4 members (excludes halogenated alkanes) is 6. The molecular weight excluding hydrogens is 232 g/mol. The Morgan fingerprint density at radius 1 is 1.05 bits per heavy atom. The molecule has 0 heterocycles. The number of carbonyl (C=O) groups is 1. The van der Waals surface area contributed by atoms with Crippen LogP contribution in [0.3, 0.4) is 0 Å². The molecule has 0 radical (unpaired) electrons. The van der Waals surface area contributed by atoms with Gasteiger partial charge in [0, 0.05) is 5.56 Å². The van der Waals surface area contributed by atoms with Gasteiger partial charge in [-0.25, -0.2) is 0 Å². The molecule has 0 bridgehead atoms. The Balaban J connectivity index is 2.19. The molecule has 0 unspecified atom stereocenters. The number of aryl methyl sites for hydroxylation is 1. The predicted molar refractivity (Wildman–Crippen MR) is 82.7 cm³/mol. The Morgan fingerprint density at radius 2 is 1.68 bits per heavy atom. The van der Waals surface area contributed by atoms with E-state index in [4.69, 9.17) is 0 Å². The molecular formula is C18H26O. The minimum Gasteiger partial charge on any atom is -0.295 e. The topological polar surface area (TPSA) is 17.1 Å². The third kappa shape index (κ3) is 6.37. The molecule has 0 aromatic heterocycles. The average Bonchev–Trinajstić information content (AvgIpc) is 2.42. The molecule has 19 heavy (non-hydrogen) atoms. The molecule has 1 nitrogen and oxygen atoms in total. The smallest absolute Gasteiger partial charge is 0.160 e. The standard InChI is InChI=1S/C18H26O/c1-3-4-5-6-7-8-9-10-13-17-14-11-12-15-18(17)16(2)19/h3,11-12,14-15H,1,4-10,13H2,2H3. The van der Waals surface area contributed by atoms with Crippen molar-refractivity contribution in [3.05, 3.63) is 48.0 Å². The summed E-state index contributed by atoms with van der Waals surface area (Å²) in [6.07, 6.45) is 11.8. The first-order valence-corrected chi connectivity index (χ1v) is 7.45. The van der Waals surface area contributed by atoms with Crippen molar-refractivity contribution >= 4 is 5.78 Å². The highest BCUT2D eigenvalue weighted by Crippen LogP contribution is 2.14. The van der Waals surface area contributed by atoms with Gasteiger partial charge in [-0.1, -0.05) is 56.0 Å². The number of allylic oxidation sites excluding steroid dienone is 1. The van der Waals surface area contributed by atoms with E-state index in [1.54, 1.807) is 6.92 Å². The molecule has 1 aromatic carbocycles. The van der Waals surface area contributed by atoms with Gasteiger partial charge in [0.25, 0.3) is 0 Å². The van der Waals surface area contributed by atoms with Crippen molar-refractivity contribution in [2.24, 2.45) is 0 Å². The van der Waals surface area contributed by atoms with Gasteiger partial charge < -0.3 is 0 Å². The fraction of sp³-hybridized carbons (Fsp3) is 0.500. The fourth-order valence-corrected chi connectivity index (χ4v) is 2.39. The predicted octanol–water partition coefficient (Wildman–Crippen LogP) is 5.35. The number of Topliss-reactive ketones (excluding diaryl/α,β-unsaturated/α-hetero) is 1. The van der Waals surface area contributed by atoms with Gasteiger partial charge >= 0.3 is 0 Å². The number of benzene rings is 1. The van der Waals surface area contributed by atoms with E-state index in [0.717, 1.165) is 18.4 Å². The summed E-state index contributed by atoms with van der Waals surface area (Å²) >= 11 is 0. The van der Waals surface area contributed by atoms with Crippen LogP contribution in [0.15, 0.2) is 36.9 Å². The highest BCUT2D eigenvalue weighted by atomic mass is 16.1. The van der Waals surface area contributed by atoms with Crippen LogP contribution in [0.25, 0.3) is 0 Å². The lowest BCUT2D eigenvalue weighted by Crippen LogP contribution is -1.99. The van der Waals surface area contributed by atoms with Crippen LogP contribution in [0.5, 0.6) is 0 Å². The van der Waals surface area contributed by atoms with Gasteiger partial charge in [-0.2, -0.15) is 0 Å². The van der Waals surface area contributed by atoms with E-state index in [0.29, 0.717) is 0 Å². The van der Waals surface area contributed by atoms with E-state index in [2.05, 4.69) is 12.6 Å². The van der Waals surface area contributed by atoms with E-state index >= 15 is 0 Å². The van der Waals surface area contributed by atoms with Crippen LogP contribution in [0, 0.1) is 0 Å². The van der Waals surface area contributed by atoms with Gasteiger partial charge in [0.2, 0.25) is 0 Å². The van der Waals surface area contributed by atoms with Crippen LogP contribution in [0.2, 0.25) is 0 Å². The first-order chi connectivity index (χ1) is 9.25. The summed E-state index contributed by atoms with van der Waals surface area (Å²) < 4.78 is 0. The van der Waals surface area contributed by atoms with E-state index in [-0.39, 0.29) is 5.78 Å². The van der Waals surface area contributed by atoms with Gasteiger partial charge in [0.05, 0.1) is 0 Å². The number of hydrogen-bond acceptors (Lipinski definition) is 1. The number of hydrogen-bond donors (Lipinski definition) is 0. The van der Waals surface area contributed by atoms with E-state index < -0.39 is 0 Å². The van der Waals surface area contributed by atoms with Gasteiger partial charge in [-0.15, -0.1) is 6.58 Å². The van der Waals surface area contributed by atoms with Crippen molar-refractivity contribution in [3.63, 3.8) is 0 Å². The molecule has 0 spiro atoms. The molecule has 0 N–H and O–H groups in total. The quantitative estimate of drug-likeness (QED) is 0.314. The molecule has 1 aromatic rings. The third-order valence-corrected chi connectivity index (χ3v) is 3.50. The molecule has 104 valence electrons. The SMILES string of the molecule is C=CCCCCCCCCc1ccccc1C(C)=O. The summed E-state index contributed by atoms with van der Waals surface area (Å²) in [4.78, 5) is 11.5. The zero-order valence-electron chi connectivity index (χ0n) is 12.2. The minimum absolute atomic E-state index is 0.181. The summed E-state index contributed by atoms with van der Waals surface area (Å²) in [7, 11) is 0. The largest absolute Gasteiger partial charge is 0.295 e. The molecule has 0 saturated carbocycles. The van der Waals surface area contributed by atoms with Crippen molar-refractivity contribution < 1.29 is 4.79 Å². The van der Waals surface area contributed by atoms with Crippen molar-refractivity contribution in [2.75, 3.05) is 0 Å². The second-order valence-electron chi connectivity index (χ2n) is 5.16. The fourth-order valence-electron chi connectivity index (χ4n) is 2.39. The van der Waals surface area contributed by atoms with Crippen molar-refractivity contribution in [1.82, 2.24) is 0 Å². The van der Waals surface area contributed by atoms with Crippen LogP contribution in [0.1, 0.15) is 67.8 Å². The van der Waals surface area contributed by atoms with Gasteiger partial charge in [-0.3, -0.25) is 4.79 Å². The van der Waals surface area contributed by atoms with Crippen LogP contribution >= 0.6 is 0 Å². The second-order valence-corrected chi connectivity index (χ2v) is 5.16. The highest BCUT2D eigenvalue weighted by Gasteiger charge is 2.05. The first kappa shape index (κ1) is 15.7. The molecule has 0 fully saturated rings. The molecule has 0 aliphatic carbocycles. The number of ketones is 1. The molecule has 0 aliphatic rings. The summed E-state index contributed by atoms with van der Waals surface area (Å²) in [6.45, 7) is 5.39. The lowest BCUT2D eigenvalue weighted by atomic mass is 9.98. The van der Waals surface area contributed by atoms with Crippen LogP contribution < -0.4 is 0 Å². The summed E-state index contributed by atoms with van der Waals surface area (Å²) in [6, 6.07) is 7.99. The minimum atomic E-state index is 0.181. The van der Waals surface area contributed by atoms with E-state index in [9.17, 15) is 4.79 Å². The Kier molecular flexibility index (Phi) is 7.88. The summed E-state index contributed by atoms with van der Waals surface area (Å²) in [5.41, 5.74) is 2.11. The maximum Gasteiger partial charge on any atom is 0.160 e. The Labute approximate surface area is 117 Å². The molecule has 0 saturated heterocycles. The number of rotatable bonds is 10. The maximum atomic E-state index is 11.5. The first-order valence-electron chi connectivity index (χ1n) is 7.45. The second kappa shape index (κ2) is 9.55. The number of carbonyl (C=O) groups excluding carboxylic acids is 1. The van der Waals surface area contributed by atoms with E-state index in [1.165, 1.54) is 44.1 Å². The lowest BCUT2D eigenvalue weighted by Gasteiger charge is -2.06. The maximum absolute atomic E-state index is 11.5. The van der Waals surface area contributed by atoms with Crippen molar-refractivity contribution in [2.45, 2.75) is 58.3 Å². The summed E-state index contributed by atoms with van der Waals surface area (Å²) in [5, 5.41) is 0. The normalized spacial score (nSPS) is 10.4.